The Hall–Kier alpha value is -2.39. The minimum absolute atomic E-state index is 0.0947. The summed E-state index contributed by atoms with van der Waals surface area (Å²) in [6, 6.07) is 5.41. The van der Waals surface area contributed by atoms with Crippen molar-refractivity contribution in [2.24, 2.45) is 0 Å². The lowest BCUT2D eigenvalue weighted by Gasteiger charge is -2.21. The molecule has 0 spiro atoms. The van der Waals surface area contributed by atoms with Crippen molar-refractivity contribution in [3.63, 3.8) is 0 Å². The Morgan fingerprint density at radius 2 is 2.07 bits per heavy atom. The molecule has 3 heterocycles. The Morgan fingerprint density at radius 1 is 1.30 bits per heavy atom. The number of H-pyrrole nitrogens is 1. The third kappa shape index (κ3) is 3.60. The first kappa shape index (κ1) is 20.9. The lowest BCUT2D eigenvalue weighted by molar-refractivity contribution is -0.149. The van der Waals surface area contributed by atoms with Gasteiger partial charge in [-0.05, 0) is 29.8 Å². The lowest BCUT2D eigenvalue weighted by Crippen LogP contribution is -2.52. The molecule has 7 nitrogen and oxygen atoms in total. The summed E-state index contributed by atoms with van der Waals surface area (Å²) in [5.41, 5.74) is -1.05. The largest absolute Gasteiger partial charge is 0.372 e. The van der Waals surface area contributed by atoms with E-state index in [0.717, 1.165) is 6.07 Å². The molecule has 1 fully saturated rings. The number of aromatic nitrogens is 2. The summed E-state index contributed by atoms with van der Waals surface area (Å²) in [6.07, 6.45) is 1.29. The van der Waals surface area contributed by atoms with E-state index in [0.29, 0.717) is 22.3 Å². The van der Waals surface area contributed by atoms with Crippen LogP contribution in [0.1, 0.15) is 12.0 Å². The summed E-state index contributed by atoms with van der Waals surface area (Å²) >= 11 is 17.9. The molecular weight excluding hydrogens is 458 g/mol. The van der Waals surface area contributed by atoms with Crippen LogP contribution >= 0.6 is 34.8 Å². The number of hydrogen-bond donors (Lipinski definition) is 3. The zero-order valence-electron chi connectivity index (χ0n) is 15.2. The van der Waals surface area contributed by atoms with Crippen LogP contribution in [0.15, 0.2) is 30.5 Å². The van der Waals surface area contributed by atoms with E-state index in [9.17, 15) is 19.1 Å². The second kappa shape index (κ2) is 7.70. The van der Waals surface area contributed by atoms with Crippen LogP contribution in [0.3, 0.4) is 0 Å². The lowest BCUT2D eigenvalue weighted by atomic mass is 10.0. The van der Waals surface area contributed by atoms with Crippen LogP contribution < -0.4 is 10.2 Å². The Kier molecular flexibility index (Phi) is 5.36. The van der Waals surface area contributed by atoms with Gasteiger partial charge in [0.05, 0.1) is 16.9 Å². The molecule has 3 aromatic rings. The smallest absolute Gasteiger partial charge is 0.268 e. The van der Waals surface area contributed by atoms with Gasteiger partial charge < -0.3 is 20.3 Å². The molecule has 1 atom stereocenters. The average Bonchev–Trinajstić information content (AvgIpc) is 3.16. The Balaban J connectivity index is 1.52. The monoisotopic (exact) mass is 470 g/mol. The van der Waals surface area contributed by atoms with Crippen LogP contribution in [0.5, 0.6) is 0 Å². The maximum absolute atomic E-state index is 13.4. The molecule has 1 saturated heterocycles. The fraction of sp³-hybridized carbons (Fsp3) is 0.211. The Bertz CT molecular complexity index is 1170. The molecule has 30 heavy (non-hydrogen) atoms. The highest BCUT2D eigenvalue weighted by atomic mass is 35.5. The van der Waals surface area contributed by atoms with Crippen molar-refractivity contribution >= 4 is 63.3 Å². The third-order valence-corrected chi connectivity index (χ3v) is 5.88. The first-order valence-corrected chi connectivity index (χ1v) is 9.93. The Morgan fingerprint density at radius 3 is 2.80 bits per heavy atom. The van der Waals surface area contributed by atoms with Crippen LogP contribution in [0.4, 0.5) is 10.1 Å². The van der Waals surface area contributed by atoms with Gasteiger partial charge in [0, 0.05) is 29.9 Å². The van der Waals surface area contributed by atoms with Gasteiger partial charge in [0.1, 0.15) is 16.6 Å². The van der Waals surface area contributed by atoms with Gasteiger partial charge in [-0.15, -0.1) is 0 Å². The number of fused-ring (bicyclic) bond motifs is 1. The van der Waals surface area contributed by atoms with Crippen molar-refractivity contribution in [2.45, 2.75) is 18.6 Å². The van der Waals surface area contributed by atoms with Gasteiger partial charge >= 0.3 is 0 Å². The Labute approximate surface area is 184 Å². The van der Waals surface area contributed by atoms with E-state index < -0.39 is 23.2 Å². The van der Waals surface area contributed by atoms with Crippen molar-refractivity contribution in [1.29, 1.82) is 0 Å². The summed E-state index contributed by atoms with van der Waals surface area (Å²) in [5.74, 6) is -2.23. The quantitative estimate of drug-likeness (QED) is 0.508. The summed E-state index contributed by atoms with van der Waals surface area (Å²) in [5, 5.41) is 14.4. The number of halogens is 4. The number of carbonyl (C=O) groups excluding carboxylic acids is 2. The highest BCUT2D eigenvalue weighted by Crippen LogP contribution is 2.34. The van der Waals surface area contributed by atoms with Crippen LogP contribution in [-0.2, 0) is 16.1 Å². The molecule has 1 aromatic carbocycles. The molecule has 0 unspecified atom stereocenters. The SMILES string of the molecule is O=C(NCc1cc(F)cc(Cl)c1)[C@@]1(O)CCN(c2cnc3[nH]c(Cl)c(Cl)c3c2)C1=O. The molecule has 0 radical (unpaired) electrons. The van der Waals surface area contributed by atoms with Crippen LogP contribution in [0, 0.1) is 5.82 Å². The summed E-state index contributed by atoms with van der Waals surface area (Å²) in [6.45, 7) is -0.00557. The predicted molar refractivity (Wildman–Crippen MR) is 111 cm³/mol. The fourth-order valence-electron chi connectivity index (χ4n) is 3.35. The number of aromatic amines is 1. The normalized spacial score (nSPS) is 19.0. The second-order valence-corrected chi connectivity index (χ2v) is 8.06. The summed E-state index contributed by atoms with van der Waals surface area (Å²) < 4.78 is 13.4. The zero-order chi connectivity index (χ0) is 21.6. The van der Waals surface area contributed by atoms with Crippen molar-refractivity contribution in [3.05, 3.63) is 57.0 Å². The van der Waals surface area contributed by atoms with E-state index >= 15 is 0 Å². The highest BCUT2D eigenvalue weighted by molar-refractivity contribution is 6.45. The molecule has 3 N–H and O–H groups in total. The summed E-state index contributed by atoms with van der Waals surface area (Å²) in [7, 11) is 0. The van der Waals surface area contributed by atoms with Crippen molar-refractivity contribution in [3.8, 4) is 0 Å². The fourth-order valence-corrected chi connectivity index (χ4v) is 3.98. The van der Waals surface area contributed by atoms with Gasteiger partial charge in [-0.25, -0.2) is 9.37 Å². The molecule has 4 rings (SSSR count). The van der Waals surface area contributed by atoms with E-state index in [1.165, 1.54) is 23.2 Å². The molecule has 156 valence electrons. The molecule has 1 aliphatic rings. The van der Waals surface area contributed by atoms with Gasteiger partial charge in [-0.1, -0.05) is 34.8 Å². The van der Waals surface area contributed by atoms with Gasteiger partial charge in [0.25, 0.3) is 11.8 Å². The predicted octanol–water partition coefficient (Wildman–Crippen LogP) is 3.45. The number of amides is 2. The molecule has 2 amide bonds. The first-order valence-electron chi connectivity index (χ1n) is 8.79. The van der Waals surface area contributed by atoms with Crippen molar-refractivity contribution < 1.29 is 19.1 Å². The minimum atomic E-state index is -2.26. The maximum atomic E-state index is 13.4. The summed E-state index contributed by atoms with van der Waals surface area (Å²) in [4.78, 5) is 33.7. The van der Waals surface area contributed by atoms with E-state index in [1.807, 2.05) is 0 Å². The van der Waals surface area contributed by atoms with Crippen molar-refractivity contribution in [1.82, 2.24) is 15.3 Å². The number of pyridine rings is 1. The molecule has 0 saturated carbocycles. The van der Waals surface area contributed by atoms with Gasteiger partial charge in [0.2, 0.25) is 5.60 Å². The molecule has 1 aliphatic heterocycles. The standard InChI is InChI=1S/C19H14Cl3FN4O3/c20-10-3-9(4-11(23)5-10)7-25-17(28)19(30)1-2-27(18(19)29)12-6-13-14(21)15(22)26-16(13)24-8-12/h3-6,8,30H,1-2,7H2,(H,24,26)(H,25,28)/t19-/m0/s1. The van der Waals surface area contributed by atoms with Crippen LogP contribution in [0.25, 0.3) is 11.0 Å². The number of nitrogens with zero attached hydrogens (tertiary/aromatic N) is 2. The zero-order valence-corrected chi connectivity index (χ0v) is 17.4. The molecule has 11 heteroatoms. The van der Waals surface area contributed by atoms with Crippen LogP contribution in [0.2, 0.25) is 15.2 Å². The van der Waals surface area contributed by atoms with Crippen LogP contribution in [-0.4, -0.2) is 39.0 Å². The number of rotatable bonds is 4. The van der Waals surface area contributed by atoms with E-state index in [2.05, 4.69) is 15.3 Å². The topological polar surface area (TPSA) is 98.3 Å². The van der Waals surface area contributed by atoms with Gasteiger partial charge in [-0.2, -0.15) is 0 Å². The average molecular weight is 472 g/mol. The maximum Gasteiger partial charge on any atom is 0.268 e. The molecule has 0 aliphatic carbocycles. The number of carbonyl (C=O) groups is 2. The van der Waals surface area contributed by atoms with Gasteiger partial charge in [0.15, 0.2) is 0 Å². The number of anilines is 1. The van der Waals surface area contributed by atoms with E-state index in [-0.39, 0.29) is 34.7 Å². The third-order valence-electron chi connectivity index (χ3n) is 4.89. The molecular formula is C19H14Cl3FN4O3. The second-order valence-electron chi connectivity index (χ2n) is 6.87. The molecule has 0 bridgehead atoms. The van der Waals surface area contributed by atoms with E-state index in [4.69, 9.17) is 34.8 Å². The highest BCUT2D eigenvalue weighted by Gasteiger charge is 2.51. The number of aliphatic hydroxyl groups is 1. The minimum Gasteiger partial charge on any atom is -0.372 e. The molecule has 2 aromatic heterocycles. The number of hydrogen-bond acceptors (Lipinski definition) is 4. The van der Waals surface area contributed by atoms with Crippen molar-refractivity contribution in [2.75, 3.05) is 11.4 Å². The van der Waals surface area contributed by atoms with Gasteiger partial charge in [-0.3, -0.25) is 9.59 Å². The first-order chi connectivity index (χ1) is 14.2. The number of benzene rings is 1. The number of nitrogens with one attached hydrogen (secondary N) is 2. The van der Waals surface area contributed by atoms with E-state index in [1.54, 1.807) is 6.07 Å².